The van der Waals surface area contributed by atoms with Crippen LogP contribution in [0.1, 0.15) is 15.9 Å². The number of hydrogen-bond donors (Lipinski definition) is 1. The molecular weight excluding hydrogens is 180 g/mol. The summed E-state index contributed by atoms with van der Waals surface area (Å²) in [6, 6.07) is 1.67. The van der Waals surface area contributed by atoms with E-state index in [9.17, 15) is 4.79 Å². The SMILES string of the molecule is C#C[C@@H]1Cc2cc(C(N)=O)cnc2O1. The Bertz CT molecular complexity index is 434. The zero-order valence-corrected chi connectivity index (χ0v) is 7.36. The summed E-state index contributed by atoms with van der Waals surface area (Å²) in [5.41, 5.74) is 6.33. The second-order valence-electron chi connectivity index (χ2n) is 3.03. The monoisotopic (exact) mass is 188 g/mol. The molecule has 1 atom stereocenters. The molecule has 0 saturated heterocycles. The Morgan fingerprint density at radius 3 is 3.21 bits per heavy atom. The highest BCUT2D eigenvalue weighted by Gasteiger charge is 2.22. The molecule has 0 radical (unpaired) electrons. The number of terminal acetylenes is 1. The van der Waals surface area contributed by atoms with Crippen LogP contribution in [0, 0.1) is 12.3 Å². The highest BCUT2D eigenvalue weighted by atomic mass is 16.5. The van der Waals surface area contributed by atoms with Crippen LogP contribution in [0.3, 0.4) is 0 Å². The molecule has 2 rings (SSSR count). The van der Waals surface area contributed by atoms with E-state index in [1.54, 1.807) is 6.07 Å². The first-order valence-corrected chi connectivity index (χ1v) is 4.12. The van der Waals surface area contributed by atoms with Crippen molar-refractivity contribution in [1.82, 2.24) is 4.98 Å². The van der Waals surface area contributed by atoms with Crippen LogP contribution in [-0.2, 0) is 6.42 Å². The number of nitrogens with zero attached hydrogens (tertiary/aromatic N) is 1. The molecule has 0 unspecified atom stereocenters. The van der Waals surface area contributed by atoms with Gasteiger partial charge in [-0.2, -0.15) is 0 Å². The van der Waals surface area contributed by atoms with Crippen molar-refractivity contribution in [2.75, 3.05) is 0 Å². The Morgan fingerprint density at radius 1 is 1.79 bits per heavy atom. The first kappa shape index (κ1) is 8.57. The Kier molecular flexibility index (Phi) is 1.86. The van der Waals surface area contributed by atoms with Crippen LogP contribution in [0.4, 0.5) is 0 Å². The van der Waals surface area contributed by atoms with Crippen molar-refractivity contribution in [3.05, 3.63) is 23.4 Å². The third-order valence-corrected chi connectivity index (χ3v) is 2.05. The van der Waals surface area contributed by atoms with E-state index in [4.69, 9.17) is 16.9 Å². The van der Waals surface area contributed by atoms with Gasteiger partial charge in [-0.25, -0.2) is 4.98 Å². The summed E-state index contributed by atoms with van der Waals surface area (Å²) < 4.78 is 5.29. The zero-order valence-electron chi connectivity index (χ0n) is 7.36. The van der Waals surface area contributed by atoms with Gasteiger partial charge in [0.1, 0.15) is 0 Å². The molecular formula is C10H8N2O2. The van der Waals surface area contributed by atoms with Gasteiger partial charge in [-0.3, -0.25) is 4.79 Å². The maximum atomic E-state index is 10.9. The van der Waals surface area contributed by atoms with E-state index in [1.165, 1.54) is 6.20 Å². The van der Waals surface area contributed by atoms with Crippen molar-refractivity contribution in [2.24, 2.45) is 5.73 Å². The fraction of sp³-hybridized carbons (Fsp3) is 0.200. The van der Waals surface area contributed by atoms with E-state index in [1.807, 2.05) is 0 Å². The van der Waals surface area contributed by atoms with Crippen LogP contribution in [0.5, 0.6) is 5.88 Å². The molecule has 0 aliphatic carbocycles. The van der Waals surface area contributed by atoms with Crippen LogP contribution < -0.4 is 10.5 Å². The lowest BCUT2D eigenvalue weighted by molar-refractivity contribution is 0.1000. The standard InChI is InChI=1S/C10H8N2O2/c1-2-8-4-6-3-7(9(11)13)5-12-10(6)14-8/h1,3,5,8H,4H2,(H2,11,13)/t8-/m1/s1. The summed E-state index contributed by atoms with van der Waals surface area (Å²) in [7, 11) is 0. The normalized spacial score (nSPS) is 18.1. The van der Waals surface area contributed by atoms with Gasteiger partial charge in [0.05, 0.1) is 5.56 Å². The minimum absolute atomic E-state index is 0.277. The minimum atomic E-state index is -0.496. The van der Waals surface area contributed by atoms with Gasteiger partial charge in [0.2, 0.25) is 11.8 Å². The predicted octanol–water partition coefficient (Wildman–Crippen LogP) is 0.117. The number of carbonyl (C=O) groups excluding carboxylic acids is 1. The smallest absolute Gasteiger partial charge is 0.250 e. The Labute approximate surface area is 81.1 Å². The minimum Gasteiger partial charge on any atom is -0.461 e. The molecule has 1 aromatic heterocycles. The Hall–Kier alpha value is -2.02. The molecule has 0 fully saturated rings. The Morgan fingerprint density at radius 2 is 2.57 bits per heavy atom. The van der Waals surface area contributed by atoms with Crippen molar-refractivity contribution >= 4 is 5.91 Å². The summed E-state index contributed by atoms with van der Waals surface area (Å²) in [6.07, 6.45) is 6.91. The lowest BCUT2D eigenvalue weighted by Crippen LogP contribution is -2.11. The second-order valence-corrected chi connectivity index (χ2v) is 3.03. The van der Waals surface area contributed by atoms with Gasteiger partial charge in [-0.05, 0) is 6.07 Å². The van der Waals surface area contributed by atoms with Gasteiger partial charge in [0.25, 0.3) is 0 Å². The predicted molar refractivity (Wildman–Crippen MR) is 49.7 cm³/mol. The molecule has 1 aliphatic heterocycles. The lowest BCUT2D eigenvalue weighted by Gasteiger charge is -2.00. The fourth-order valence-corrected chi connectivity index (χ4v) is 1.35. The molecule has 2 N–H and O–H groups in total. The summed E-state index contributed by atoms with van der Waals surface area (Å²) in [6.45, 7) is 0. The highest BCUT2D eigenvalue weighted by molar-refractivity contribution is 5.92. The molecule has 1 amide bonds. The van der Waals surface area contributed by atoms with E-state index >= 15 is 0 Å². The number of rotatable bonds is 1. The van der Waals surface area contributed by atoms with Gasteiger partial charge in [0, 0.05) is 18.2 Å². The third kappa shape index (κ3) is 1.29. The molecule has 14 heavy (non-hydrogen) atoms. The molecule has 4 nitrogen and oxygen atoms in total. The van der Waals surface area contributed by atoms with Crippen LogP contribution in [0.25, 0.3) is 0 Å². The molecule has 0 bridgehead atoms. The summed E-state index contributed by atoms with van der Waals surface area (Å²) in [5.74, 6) is 2.48. The van der Waals surface area contributed by atoms with E-state index < -0.39 is 5.91 Å². The van der Waals surface area contributed by atoms with Gasteiger partial charge >= 0.3 is 0 Å². The number of nitrogens with two attached hydrogens (primary N) is 1. The topological polar surface area (TPSA) is 65.2 Å². The van der Waals surface area contributed by atoms with Crippen LogP contribution in [-0.4, -0.2) is 17.0 Å². The second kappa shape index (κ2) is 3.04. The maximum Gasteiger partial charge on any atom is 0.250 e. The number of fused-ring (bicyclic) bond motifs is 1. The van der Waals surface area contributed by atoms with Crippen molar-refractivity contribution in [1.29, 1.82) is 0 Å². The highest BCUT2D eigenvalue weighted by Crippen LogP contribution is 2.26. The number of aromatic nitrogens is 1. The van der Waals surface area contributed by atoms with Gasteiger partial charge in [0.15, 0.2) is 6.10 Å². The number of carbonyl (C=O) groups is 1. The van der Waals surface area contributed by atoms with Crippen molar-refractivity contribution in [3.8, 4) is 18.2 Å². The number of amides is 1. The van der Waals surface area contributed by atoms with Gasteiger partial charge in [-0.15, -0.1) is 6.42 Å². The molecule has 1 aliphatic rings. The number of hydrogen-bond acceptors (Lipinski definition) is 3. The average Bonchev–Trinajstić information content (AvgIpc) is 2.58. The Balaban J connectivity index is 2.36. The number of pyridine rings is 1. The zero-order chi connectivity index (χ0) is 10.1. The summed E-state index contributed by atoms with van der Waals surface area (Å²) in [4.78, 5) is 14.8. The van der Waals surface area contributed by atoms with E-state index in [2.05, 4.69) is 10.9 Å². The number of ether oxygens (including phenoxy) is 1. The third-order valence-electron chi connectivity index (χ3n) is 2.05. The van der Waals surface area contributed by atoms with E-state index in [0.717, 1.165) is 5.56 Å². The molecule has 1 aromatic rings. The first-order chi connectivity index (χ1) is 6.70. The molecule has 2 heterocycles. The van der Waals surface area contributed by atoms with Crippen molar-refractivity contribution < 1.29 is 9.53 Å². The number of primary amides is 1. The molecule has 0 aromatic carbocycles. The van der Waals surface area contributed by atoms with Gasteiger partial charge < -0.3 is 10.5 Å². The molecule has 0 saturated carbocycles. The van der Waals surface area contributed by atoms with Crippen molar-refractivity contribution in [3.63, 3.8) is 0 Å². The van der Waals surface area contributed by atoms with Crippen LogP contribution >= 0.6 is 0 Å². The lowest BCUT2D eigenvalue weighted by atomic mass is 10.1. The first-order valence-electron chi connectivity index (χ1n) is 4.12. The summed E-state index contributed by atoms with van der Waals surface area (Å²) >= 11 is 0. The molecule has 0 spiro atoms. The van der Waals surface area contributed by atoms with Crippen molar-refractivity contribution in [2.45, 2.75) is 12.5 Å². The summed E-state index contributed by atoms with van der Waals surface area (Å²) in [5, 5.41) is 0. The quantitative estimate of drug-likeness (QED) is 0.636. The van der Waals surface area contributed by atoms with Crippen LogP contribution in [0.15, 0.2) is 12.3 Å². The largest absolute Gasteiger partial charge is 0.461 e. The van der Waals surface area contributed by atoms with E-state index in [-0.39, 0.29) is 6.10 Å². The molecule has 4 heteroatoms. The maximum absolute atomic E-state index is 10.9. The molecule has 70 valence electrons. The van der Waals surface area contributed by atoms with E-state index in [0.29, 0.717) is 17.9 Å². The average molecular weight is 188 g/mol. The fourth-order valence-electron chi connectivity index (χ4n) is 1.35. The van der Waals surface area contributed by atoms with Gasteiger partial charge in [-0.1, -0.05) is 5.92 Å². The van der Waals surface area contributed by atoms with Crippen LogP contribution in [0.2, 0.25) is 0 Å².